The van der Waals surface area contributed by atoms with Gasteiger partial charge in [0.2, 0.25) is 10.0 Å². The predicted octanol–water partition coefficient (Wildman–Crippen LogP) is 2.90. The molecule has 1 fully saturated rings. The highest BCUT2D eigenvalue weighted by atomic mass is 32.2. The molecule has 0 amide bonds. The molecular formula is C20H21FN4O2S. The molecule has 0 atom stereocenters. The third-order valence-electron chi connectivity index (χ3n) is 5.09. The Labute approximate surface area is 163 Å². The number of nitrogens with zero attached hydrogens (tertiary/aromatic N) is 4. The van der Waals surface area contributed by atoms with Gasteiger partial charge in [-0.1, -0.05) is 18.2 Å². The number of piperazine rings is 1. The van der Waals surface area contributed by atoms with Gasteiger partial charge in [0.1, 0.15) is 23.5 Å². The number of benzene rings is 2. The van der Waals surface area contributed by atoms with E-state index in [9.17, 15) is 12.8 Å². The fourth-order valence-electron chi connectivity index (χ4n) is 3.55. The van der Waals surface area contributed by atoms with Crippen molar-refractivity contribution in [3.63, 3.8) is 0 Å². The first kappa shape index (κ1) is 18.8. The smallest absolute Gasteiger partial charge is 0.243 e. The molecule has 1 aliphatic rings. The molecule has 0 N–H and O–H groups in total. The molecule has 1 saturated heterocycles. The molecule has 28 heavy (non-hydrogen) atoms. The second kappa shape index (κ2) is 7.10. The van der Waals surface area contributed by atoms with Crippen LogP contribution in [0.2, 0.25) is 0 Å². The van der Waals surface area contributed by atoms with Gasteiger partial charge >= 0.3 is 0 Å². The van der Waals surface area contributed by atoms with E-state index in [-0.39, 0.29) is 5.52 Å². The van der Waals surface area contributed by atoms with E-state index in [0.717, 1.165) is 11.1 Å². The second-order valence-corrected chi connectivity index (χ2v) is 8.90. The van der Waals surface area contributed by atoms with Crippen LogP contribution in [0, 0.1) is 19.7 Å². The van der Waals surface area contributed by atoms with Crippen molar-refractivity contribution in [2.45, 2.75) is 18.7 Å². The SMILES string of the molecule is Cc1ccc(C)c(S(=O)(=O)N2CCN(c3ncnc4c(F)cccc34)CC2)c1. The molecule has 0 saturated carbocycles. The quantitative estimate of drug-likeness (QED) is 0.676. The van der Waals surface area contributed by atoms with Gasteiger partial charge in [-0.2, -0.15) is 4.31 Å². The lowest BCUT2D eigenvalue weighted by Gasteiger charge is -2.35. The third-order valence-corrected chi connectivity index (χ3v) is 7.13. The largest absolute Gasteiger partial charge is 0.353 e. The summed E-state index contributed by atoms with van der Waals surface area (Å²) < 4.78 is 41.7. The number of para-hydroxylation sites is 1. The summed E-state index contributed by atoms with van der Waals surface area (Å²) in [6, 6.07) is 10.2. The van der Waals surface area contributed by atoms with Crippen molar-refractivity contribution in [2.24, 2.45) is 0 Å². The molecule has 0 unspecified atom stereocenters. The Bertz CT molecular complexity index is 1140. The Balaban J connectivity index is 1.59. The van der Waals surface area contributed by atoms with Crippen molar-refractivity contribution in [1.82, 2.24) is 14.3 Å². The van der Waals surface area contributed by atoms with Crippen molar-refractivity contribution in [3.8, 4) is 0 Å². The maximum absolute atomic E-state index is 14.0. The Hall–Kier alpha value is -2.58. The van der Waals surface area contributed by atoms with Crippen molar-refractivity contribution in [1.29, 1.82) is 0 Å². The summed E-state index contributed by atoms with van der Waals surface area (Å²) in [5, 5.41) is 0.633. The molecule has 1 aliphatic heterocycles. The number of rotatable bonds is 3. The minimum Gasteiger partial charge on any atom is -0.353 e. The number of hydrogen-bond donors (Lipinski definition) is 0. The second-order valence-electron chi connectivity index (χ2n) is 6.99. The molecule has 146 valence electrons. The lowest BCUT2D eigenvalue weighted by molar-refractivity contribution is 0.384. The van der Waals surface area contributed by atoms with E-state index in [1.165, 1.54) is 16.7 Å². The molecule has 0 radical (unpaired) electrons. The molecule has 1 aromatic heterocycles. The van der Waals surface area contributed by atoms with Gasteiger partial charge in [-0.05, 0) is 43.2 Å². The lowest BCUT2D eigenvalue weighted by atomic mass is 10.2. The highest BCUT2D eigenvalue weighted by Crippen LogP contribution is 2.27. The summed E-state index contributed by atoms with van der Waals surface area (Å²) in [4.78, 5) is 10.7. The highest BCUT2D eigenvalue weighted by Gasteiger charge is 2.30. The highest BCUT2D eigenvalue weighted by molar-refractivity contribution is 7.89. The van der Waals surface area contributed by atoms with Crippen LogP contribution in [0.5, 0.6) is 0 Å². The van der Waals surface area contributed by atoms with Crippen molar-refractivity contribution in [3.05, 3.63) is 59.7 Å². The van der Waals surface area contributed by atoms with E-state index in [1.807, 2.05) is 30.9 Å². The summed E-state index contributed by atoms with van der Waals surface area (Å²) in [6.07, 6.45) is 1.35. The summed E-state index contributed by atoms with van der Waals surface area (Å²) in [6.45, 7) is 5.34. The maximum atomic E-state index is 14.0. The van der Waals surface area contributed by atoms with E-state index < -0.39 is 15.8 Å². The standard InChI is InChI=1S/C20H21FN4O2S/c1-14-6-7-15(2)18(12-14)28(26,27)25-10-8-24(9-11-25)20-16-4-3-5-17(21)19(16)22-13-23-20/h3-7,12-13H,8-11H2,1-2H3. The van der Waals surface area contributed by atoms with Crippen molar-refractivity contribution >= 4 is 26.7 Å². The van der Waals surface area contributed by atoms with Gasteiger partial charge in [-0.15, -0.1) is 0 Å². The van der Waals surface area contributed by atoms with Gasteiger partial charge in [-0.3, -0.25) is 0 Å². The van der Waals surface area contributed by atoms with Crippen molar-refractivity contribution in [2.75, 3.05) is 31.1 Å². The first-order valence-corrected chi connectivity index (χ1v) is 10.5. The summed E-state index contributed by atoms with van der Waals surface area (Å²) >= 11 is 0. The topological polar surface area (TPSA) is 66.4 Å². The molecule has 3 aromatic rings. The van der Waals surface area contributed by atoms with E-state index in [2.05, 4.69) is 9.97 Å². The molecule has 0 spiro atoms. The van der Waals surface area contributed by atoms with Crippen LogP contribution in [0.15, 0.2) is 47.6 Å². The minimum absolute atomic E-state index is 0.276. The molecule has 2 aromatic carbocycles. The molecule has 6 nitrogen and oxygen atoms in total. The Morgan fingerprint density at radius 3 is 2.50 bits per heavy atom. The van der Waals surface area contributed by atoms with E-state index in [0.29, 0.717) is 42.3 Å². The number of hydrogen-bond acceptors (Lipinski definition) is 5. The van der Waals surface area contributed by atoms with Gasteiger partial charge in [-0.25, -0.2) is 22.8 Å². The Morgan fingerprint density at radius 1 is 1.00 bits per heavy atom. The molecule has 8 heteroatoms. The van der Waals surface area contributed by atoms with Gasteiger partial charge in [0.05, 0.1) is 4.90 Å². The molecular weight excluding hydrogens is 379 g/mol. The van der Waals surface area contributed by atoms with Gasteiger partial charge < -0.3 is 4.90 Å². The average molecular weight is 400 g/mol. The number of anilines is 1. The number of sulfonamides is 1. The van der Waals surface area contributed by atoms with Crippen LogP contribution in [0.3, 0.4) is 0 Å². The first-order valence-electron chi connectivity index (χ1n) is 9.09. The number of fused-ring (bicyclic) bond motifs is 1. The van der Waals surface area contributed by atoms with Crippen LogP contribution in [0.1, 0.15) is 11.1 Å². The fraction of sp³-hybridized carbons (Fsp3) is 0.300. The van der Waals surface area contributed by atoms with Crippen LogP contribution >= 0.6 is 0 Å². The summed E-state index contributed by atoms with van der Waals surface area (Å²) in [7, 11) is -3.56. The summed E-state index contributed by atoms with van der Waals surface area (Å²) in [5.74, 6) is 0.241. The van der Waals surface area contributed by atoms with Crippen LogP contribution in [-0.2, 0) is 10.0 Å². The van der Waals surface area contributed by atoms with Crippen LogP contribution < -0.4 is 4.90 Å². The maximum Gasteiger partial charge on any atom is 0.243 e. The van der Waals surface area contributed by atoms with Gasteiger partial charge in [0, 0.05) is 31.6 Å². The monoisotopic (exact) mass is 400 g/mol. The Morgan fingerprint density at radius 2 is 1.75 bits per heavy atom. The number of aryl methyl sites for hydroxylation is 2. The fourth-order valence-corrected chi connectivity index (χ4v) is 5.29. The van der Waals surface area contributed by atoms with E-state index >= 15 is 0 Å². The average Bonchev–Trinajstić information content (AvgIpc) is 2.70. The zero-order valence-electron chi connectivity index (χ0n) is 15.8. The van der Waals surface area contributed by atoms with E-state index in [1.54, 1.807) is 18.2 Å². The molecule has 0 aliphatic carbocycles. The number of halogens is 1. The van der Waals surface area contributed by atoms with Crippen LogP contribution in [-0.4, -0.2) is 48.9 Å². The Kier molecular flexibility index (Phi) is 4.76. The zero-order valence-corrected chi connectivity index (χ0v) is 16.6. The lowest BCUT2D eigenvalue weighted by Crippen LogP contribution is -2.49. The summed E-state index contributed by atoms with van der Waals surface area (Å²) in [5.41, 5.74) is 1.93. The van der Waals surface area contributed by atoms with Crippen molar-refractivity contribution < 1.29 is 12.8 Å². The molecule has 4 rings (SSSR count). The van der Waals surface area contributed by atoms with Gasteiger partial charge in [0.25, 0.3) is 0 Å². The molecule has 0 bridgehead atoms. The third kappa shape index (κ3) is 3.22. The number of aromatic nitrogens is 2. The minimum atomic E-state index is -3.56. The predicted molar refractivity (Wildman–Crippen MR) is 106 cm³/mol. The zero-order chi connectivity index (χ0) is 19.9. The van der Waals surface area contributed by atoms with Crippen LogP contribution in [0.25, 0.3) is 10.9 Å². The normalized spacial score (nSPS) is 15.9. The van der Waals surface area contributed by atoms with Crippen LogP contribution in [0.4, 0.5) is 10.2 Å². The van der Waals surface area contributed by atoms with E-state index in [4.69, 9.17) is 0 Å². The van der Waals surface area contributed by atoms with Gasteiger partial charge in [0.15, 0.2) is 0 Å². The first-order chi connectivity index (χ1) is 13.4. The molecule has 2 heterocycles.